The predicted molar refractivity (Wildman–Crippen MR) is 118 cm³/mol. The molecule has 162 valence electrons. The number of rotatable bonds is 7. The van der Waals surface area contributed by atoms with Crippen molar-refractivity contribution in [2.75, 3.05) is 17.7 Å². The third-order valence-corrected chi connectivity index (χ3v) is 4.72. The first-order valence-corrected chi connectivity index (χ1v) is 9.72. The lowest BCUT2D eigenvalue weighted by Crippen LogP contribution is -2.24. The topological polar surface area (TPSA) is 140 Å². The van der Waals surface area contributed by atoms with Gasteiger partial charge in [0.1, 0.15) is 0 Å². The zero-order valence-electron chi connectivity index (χ0n) is 17.5. The number of amides is 1. The van der Waals surface area contributed by atoms with Gasteiger partial charge in [0.25, 0.3) is 5.91 Å². The number of carbonyl (C=O) groups excluding carboxylic acids is 1. The Morgan fingerprint density at radius 1 is 1.19 bits per heavy atom. The van der Waals surface area contributed by atoms with Crippen LogP contribution >= 0.6 is 0 Å². The normalized spacial score (nSPS) is 11.1. The van der Waals surface area contributed by atoms with E-state index in [1.165, 1.54) is 4.68 Å². The maximum absolute atomic E-state index is 12.8. The van der Waals surface area contributed by atoms with E-state index in [1.54, 1.807) is 6.21 Å². The molecule has 0 aliphatic carbocycles. The second-order valence-electron chi connectivity index (χ2n) is 7.07. The fourth-order valence-corrected chi connectivity index (χ4v) is 3.00. The van der Waals surface area contributed by atoms with E-state index in [0.717, 1.165) is 16.8 Å². The molecule has 0 radical (unpaired) electrons. The van der Waals surface area contributed by atoms with Crippen molar-refractivity contribution in [1.29, 1.82) is 0 Å². The van der Waals surface area contributed by atoms with Gasteiger partial charge < -0.3 is 10.6 Å². The summed E-state index contributed by atoms with van der Waals surface area (Å²) in [6.07, 6.45) is 1.55. The average molecular weight is 431 g/mol. The van der Waals surface area contributed by atoms with Gasteiger partial charge in [-0.05, 0) is 34.9 Å². The highest BCUT2D eigenvalue weighted by molar-refractivity contribution is 5.94. The molecule has 0 atom stereocenters. The van der Waals surface area contributed by atoms with E-state index in [9.17, 15) is 4.79 Å². The average Bonchev–Trinajstić information content (AvgIpc) is 3.41. The number of nitrogen functional groups attached to an aromatic ring is 1. The summed E-state index contributed by atoms with van der Waals surface area (Å²) in [5, 5.41) is 19.5. The molecular weight excluding hydrogens is 410 g/mol. The van der Waals surface area contributed by atoms with Gasteiger partial charge in [0.15, 0.2) is 5.69 Å². The molecule has 11 nitrogen and oxygen atoms in total. The van der Waals surface area contributed by atoms with Crippen molar-refractivity contribution in [1.82, 2.24) is 30.7 Å². The monoisotopic (exact) mass is 431 g/mol. The highest BCUT2D eigenvalue weighted by atomic mass is 16.6. The number of aryl methyl sites for hydroxylation is 1. The first kappa shape index (κ1) is 20.7. The number of nitrogens with one attached hydrogen (secondary N) is 1. The van der Waals surface area contributed by atoms with Gasteiger partial charge in [-0.2, -0.15) is 9.78 Å². The minimum Gasteiger partial charge on any atom is -0.378 e. The second kappa shape index (κ2) is 9.08. The fraction of sp³-hybridized carbons (Fsp3) is 0.143. The molecule has 3 N–H and O–H groups in total. The summed E-state index contributed by atoms with van der Waals surface area (Å²) < 4.78 is 6.02. The highest BCUT2D eigenvalue weighted by Crippen LogP contribution is 2.20. The SMILES string of the molecule is Cc1ccc(/C=N\NC(=O)c2nnn(-c3nonc3N)c2CN(C)c2ccccc2)cc1. The zero-order valence-corrected chi connectivity index (χ0v) is 17.5. The molecule has 11 heteroatoms. The van der Waals surface area contributed by atoms with Crippen molar-refractivity contribution in [2.45, 2.75) is 13.5 Å². The van der Waals surface area contributed by atoms with Crippen LogP contribution in [0.4, 0.5) is 11.5 Å². The van der Waals surface area contributed by atoms with Gasteiger partial charge >= 0.3 is 0 Å². The number of nitrogens with two attached hydrogens (primary N) is 1. The molecule has 4 aromatic rings. The van der Waals surface area contributed by atoms with E-state index < -0.39 is 5.91 Å². The predicted octanol–water partition coefficient (Wildman–Crippen LogP) is 1.94. The molecule has 0 fully saturated rings. The maximum atomic E-state index is 12.8. The Balaban J connectivity index is 1.61. The van der Waals surface area contributed by atoms with Gasteiger partial charge in [-0.1, -0.05) is 53.2 Å². The Kier molecular flexibility index (Phi) is 5.88. The van der Waals surface area contributed by atoms with Gasteiger partial charge in [-0.3, -0.25) is 4.79 Å². The van der Waals surface area contributed by atoms with Crippen molar-refractivity contribution >= 4 is 23.6 Å². The summed E-state index contributed by atoms with van der Waals surface area (Å²) in [5.41, 5.74) is 11.8. The third-order valence-electron chi connectivity index (χ3n) is 4.72. The molecule has 2 heterocycles. The van der Waals surface area contributed by atoms with Crippen LogP contribution in [0.25, 0.3) is 5.82 Å². The molecule has 32 heavy (non-hydrogen) atoms. The van der Waals surface area contributed by atoms with E-state index in [-0.39, 0.29) is 23.9 Å². The van der Waals surface area contributed by atoms with Crippen LogP contribution in [0.1, 0.15) is 27.3 Å². The molecule has 0 aliphatic rings. The number of anilines is 2. The smallest absolute Gasteiger partial charge is 0.293 e. The van der Waals surface area contributed by atoms with Gasteiger partial charge in [-0.25, -0.2) is 10.1 Å². The summed E-state index contributed by atoms with van der Waals surface area (Å²) in [6, 6.07) is 17.4. The Bertz CT molecular complexity index is 1230. The van der Waals surface area contributed by atoms with E-state index in [0.29, 0.717) is 5.69 Å². The van der Waals surface area contributed by atoms with Crippen LogP contribution in [0.3, 0.4) is 0 Å². The molecule has 0 aliphatic heterocycles. The summed E-state index contributed by atoms with van der Waals surface area (Å²) in [4.78, 5) is 14.8. The Labute approximate surface area is 183 Å². The first-order valence-electron chi connectivity index (χ1n) is 9.72. The van der Waals surface area contributed by atoms with Gasteiger partial charge in [0, 0.05) is 12.7 Å². The number of nitrogens with zero attached hydrogens (tertiary/aromatic N) is 7. The maximum Gasteiger partial charge on any atom is 0.293 e. The Morgan fingerprint density at radius 2 is 1.94 bits per heavy atom. The van der Waals surface area contributed by atoms with Crippen molar-refractivity contribution in [3.63, 3.8) is 0 Å². The summed E-state index contributed by atoms with van der Waals surface area (Å²) >= 11 is 0. The molecular formula is C21H21N9O2. The van der Waals surface area contributed by atoms with Gasteiger partial charge in [0.2, 0.25) is 11.6 Å². The molecule has 0 bridgehead atoms. The van der Waals surface area contributed by atoms with Crippen molar-refractivity contribution in [2.24, 2.45) is 5.10 Å². The second-order valence-corrected chi connectivity index (χ2v) is 7.07. The summed E-state index contributed by atoms with van der Waals surface area (Å²) in [6.45, 7) is 2.28. The fourth-order valence-electron chi connectivity index (χ4n) is 3.00. The Morgan fingerprint density at radius 3 is 2.62 bits per heavy atom. The van der Waals surface area contributed by atoms with E-state index in [1.807, 2.05) is 73.5 Å². The molecule has 0 saturated carbocycles. The molecule has 2 aromatic heterocycles. The van der Waals surface area contributed by atoms with Crippen molar-refractivity contribution < 1.29 is 9.42 Å². The van der Waals surface area contributed by atoms with Crippen molar-refractivity contribution in [3.8, 4) is 5.82 Å². The molecule has 0 saturated heterocycles. The van der Waals surface area contributed by atoms with Crippen LogP contribution in [-0.2, 0) is 6.54 Å². The quantitative estimate of drug-likeness (QED) is 0.334. The minimum absolute atomic E-state index is 0.0304. The molecule has 0 unspecified atom stereocenters. The van der Waals surface area contributed by atoms with Crippen LogP contribution in [0, 0.1) is 6.92 Å². The van der Waals surface area contributed by atoms with Gasteiger partial charge in [0.05, 0.1) is 18.5 Å². The molecule has 1 amide bonds. The lowest BCUT2D eigenvalue weighted by molar-refractivity contribution is 0.0949. The first-order chi connectivity index (χ1) is 15.5. The van der Waals surface area contributed by atoms with Crippen molar-refractivity contribution in [3.05, 3.63) is 77.1 Å². The highest BCUT2D eigenvalue weighted by Gasteiger charge is 2.25. The molecule has 2 aromatic carbocycles. The third kappa shape index (κ3) is 4.46. The number of aromatic nitrogens is 5. The largest absolute Gasteiger partial charge is 0.378 e. The minimum atomic E-state index is -0.522. The lowest BCUT2D eigenvalue weighted by atomic mass is 10.2. The number of hydrazone groups is 1. The van der Waals surface area contributed by atoms with Crippen LogP contribution in [-0.4, -0.2) is 44.5 Å². The van der Waals surface area contributed by atoms with Crippen LogP contribution in [0.2, 0.25) is 0 Å². The summed E-state index contributed by atoms with van der Waals surface area (Å²) in [7, 11) is 1.88. The number of carbonyl (C=O) groups is 1. The van der Waals surface area contributed by atoms with Gasteiger partial charge in [-0.15, -0.1) is 5.10 Å². The summed E-state index contributed by atoms with van der Waals surface area (Å²) in [5.74, 6) is -0.342. The van der Waals surface area contributed by atoms with Crippen LogP contribution in [0.15, 0.2) is 64.3 Å². The number of hydrogen-bond acceptors (Lipinski definition) is 9. The Hall–Kier alpha value is -4.54. The van der Waals surface area contributed by atoms with Crippen LogP contribution < -0.4 is 16.1 Å². The zero-order chi connectivity index (χ0) is 22.5. The number of para-hydroxylation sites is 1. The van der Waals surface area contributed by atoms with E-state index in [2.05, 4.69) is 35.8 Å². The lowest BCUT2D eigenvalue weighted by Gasteiger charge is -2.19. The standard InChI is InChI=1S/C21H21N9O2/c1-14-8-10-15(11-9-14)12-23-25-21(31)18-17(13-29(2)16-6-4-3-5-7-16)30(28-24-18)20-19(22)26-32-27-20/h3-12H,13H2,1-2H3,(H2,22,26)(H,25,31)/b23-12-. The molecule has 0 spiro atoms. The number of benzene rings is 2. The van der Waals surface area contributed by atoms with E-state index >= 15 is 0 Å². The molecule has 4 rings (SSSR count). The van der Waals surface area contributed by atoms with Crippen LogP contribution in [0.5, 0.6) is 0 Å². The van der Waals surface area contributed by atoms with E-state index in [4.69, 9.17) is 5.73 Å². The number of hydrogen-bond donors (Lipinski definition) is 2.